The van der Waals surface area contributed by atoms with E-state index in [4.69, 9.17) is 10.2 Å². The highest BCUT2D eigenvalue weighted by molar-refractivity contribution is 5.05. The molecule has 0 bridgehead atoms. The smallest absolute Gasteiger partial charge is 0.0928 e. The van der Waals surface area contributed by atoms with Crippen molar-refractivity contribution in [3.05, 3.63) is 0 Å². The molecule has 2 rings (SSSR count). The number of aliphatic hydroxyl groups is 3. The molecule has 1 unspecified atom stereocenters. The number of nitrogens with zero attached hydrogens (tertiary/aromatic N) is 1. The summed E-state index contributed by atoms with van der Waals surface area (Å²) in [5.74, 6) is 0.495. The maximum Gasteiger partial charge on any atom is 0.0928 e. The van der Waals surface area contributed by atoms with Gasteiger partial charge in [-0.1, -0.05) is 0 Å². The van der Waals surface area contributed by atoms with E-state index in [1.54, 1.807) is 0 Å². The summed E-state index contributed by atoms with van der Waals surface area (Å²) in [4.78, 5) is 1.99. The van der Waals surface area contributed by atoms with Gasteiger partial charge in [0, 0.05) is 19.6 Å². The highest BCUT2D eigenvalue weighted by atomic mass is 16.3. The van der Waals surface area contributed by atoms with Crippen LogP contribution in [0.25, 0.3) is 0 Å². The van der Waals surface area contributed by atoms with Gasteiger partial charge in [-0.3, -0.25) is 4.90 Å². The summed E-state index contributed by atoms with van der Waals surface area (Å²) in [6.07, 6.45) is 1.63. The van der Waals surface area contributed by atoms with Gasteiger partial charge in [-0.2, -0.15) is 0 Å². The Balaban J connectivity index is 1.71. The van der Waals surface area contributed by atoms with Crippen LogP contribution in [-0.4, -0.2) is 58.2 Å². The van der Waals surface area contributed by atoms with Crippen molar-refractivity contribution in [1.82, 2.24) is 4.90 Å². The van der Waals surface area contributed by atoms with Crippen molar-refractivity contribution in [1.29, 1.82) is 0 Å². The van der Waals surface area contributed by atoms with Crippen molar-refractivity contribution in [2.45, 2.75) is 24.5 Å². The van der Waals surface area contributed by atoms with Crippen LogP contribution in [0.2, 0.25) is 0 Å². The molecule has 0 amide bonds. The first kappa shape index (κ1) is 9.40. The quantitative estimate of drug-likeness (QED) is 0.517. The van der Waals surface area contributed by atoms with Gasteiger partial charge in [0.25, 0.3) is 0 Å². The maximum absolute atomic E-state index is 9.92. The van der Waals surface area contributed by atoms with Gasteiger partial charge in [0.1, 0.15) is 0 Å². The molecular formula is C9H17NO3. The molecule has 0 aromatic carbocycles. The summed E-state index contributed by atoms with van der Waals surface area (Å²) in [5.41, 5.74) is -0.477. The fourth-order valence-electron chi connectivity index (χ4n) is 2.09. The SMILES string of the molecule is OCC(O)CN1CC(O)(C2CC2)C1. The van der Waals surface area contributed by atoms with Gasteiger partial charge in [-0.05, 0) is 18.8 Å². The van der Waals surface area contributed by atoms with Crippen LogP contribution >= 0.6 is 0 Å². The second-order valence-electron chi connectivity index (χ2n) is 4.38. The summed E-state index contributed by atoms with van der Waals surface area (Å²) in [6, 6.07) is 0. The van der Waals surface area contributed by atoms with E-state index in [0.29, 0.717) is 25.6 Å². The summed E-state index contributed by atoms with van der Waals surface area (Å²) >= 11 is 0. The van der Waals surface area contributed by atoms with E-state index < -0.39 is 11.7 Å². The molecule has 13 heavy (non-hydrogen) atoms. The fourth-order valence-corrected chi connectivity index (χ4v) is 2.09. The third-order valence-electron chi connectivity index (χ3n) is 3.01. The van der Waals surface area contributed by atoms with Crippen LogP contribution in [0.5, 0.6) is 0 Å². The van der Waals surface area contributed by atoms with Gasteiger partial charge in [-0.25, -0.2) is 0 Å². The monoisotopic (exact) mass is 187 g/mol. The largest absolute Gasteiger partial charge is 0.394 e. The highest BCUT2D eigenvalue weighted by Crippen LogP contribution is 2.44. The van der Waals surface area contributed by atoms with Gasteiger partial charge in [0.05, 0.1) is 18.3 Å². The minimum Gasteiger partial charge on any atom is -0.394 e. The van der Waals surface area contributed by atoms with E-state index in [2.05, 4.69) is 0 Å². The first-order valence-electron chi connectivity index (χ1n) is 4.88. The summed E-state index contributed by atoms with van der Waals surface area (Å²) in [6.45, 7) is 1.60. The van der Waals surface area contributed by atoms with Crippen molar-refractivity contribution in [2.75, 3.05) is 26.2 Å². The molecule has 1 aliphatic heterocycles. The van der Waals surface area contributed by atoms with Crippen LogP contribution in [-0.2, 0) is 0 Å². The van der Waals surface area contributed by atoms with E-state index in [1.165, 1.54) is 0 Å². The van der Waals surface area contributed by atoms with E-state index >= 15 is 0 Å². The lowest BCUT2D eigenvalue weighted by molar-refractivity contribution is -0.124. The molecule has 4 nitrogen and oxygen atoms in total. The highest BCUT2D eigenvalue weighted by Gasteiger charge is 2.51. The molecule has 1 saturated heterocycles. The lowest BCUT2D eigenvalue weighted by Crippen LogP contribution is -2.64. The Morgan fingerprint density at radius 3 is 2.46 bits per heavy atom. The van der Waals surface area contributed by atoms with E-state index in [9.17, 15) is 5.11 Å². The fraction of sp³-hybridized carbons (Fsp3) is 1.00. The van der Waals surface area contributed by atoms with Crippen LogP contribution in [0.1, 0.15) is 12.8 Å². The van der Waals surface area contributed by atoms with E-state index in [-0.39, 0.29) is 6.61 Å². The summed E-state index contributed by atoms with van der Waals surface area (Å²) in [7, 11) is 0. The minimum absolute atomic E-state index is 0.196. The Bertz CT molecular complexity index is 187. The van der Waals surface area contributed by atoms with Crippen LogP contribution < -0.4 is 0 Å². The first-order valence-corrected chi connectivity index (χ1v) is 4.88. The van der Waals surface area contributed by atoms with Crippen molar-refractivity contribution >= 4 is 0 Å². The van der Waals surface area contributed by atoms with Gasteiger partial charge < -0.3 is 15.3 Å². The maximum atomic E-state index is 9.92. The predicted octanol–water partition coefficient (Wildman–Crippen LogP) is -1.20. The first-order chi connectivity index (χ1) is 6.14. The summed E-state index contributed by atoms with van der Waals surface area (Å²) < 4.78 is 0. The number of β-amino-alcohol motifs (C(OH)–C–C–N with tert-alkyl or cyclic N) is 2. The molecule has 1 aliphatic carbocycles. The molecule has 1 atom stereocenters. The van der Waals surface area contributed by atoms with Crippen molar-refractivity contribution in [3.63, 3.8) is 0 Å². The van der Waals surface area contributed by atoms with Gasteiger partial charge in [0.15, 0.2) is 0 Å². The Hall–Kier alpha value is -0.160. The number of likely N-dealkylation sites (tertiary alicyclic amines) is 1. The van der Waals surface area contributed by atoms with Crippen molar-refractivity contribution in [3.8, 4) is 0 Å². The van der Waals surface area contributed by atoms with Gasteiger partial charge in [-0.15, -0.1) is 0 Å². The van der Waals surface area contributed by atoms with E-state index in [0.717, 1.165) is 12.8 Å². The van der Waals surface area contributed by atoms with Crippen molar-refractivity contribution < 1.29 is 15.3 Å². The lowest BCUT2D eigenvalue weighted by atomic mass is 9.88. The van der Waals surface area contributed by atoms with Crippen LogP contribution in [0.4, 0.5) is 0 Å². The number of hydrogen-bond acceptors (Lipinski definition) is 4. The Morgan fingerprint density at radius 2 is 2.00 bits per heavy atom. The normalized spacial score (nSPS) is 29.8. The molecule has 3 N–H and O–H groups in total. The molecule has 0 radical (unpaired) electrons. The predicted molar refractivity (Wildman–Crippen MR) is 47.2 cm³/mol. The topological polar surface area (TPSA) is 63.9 Å². The molecule has 1 heterocycles. The third-order valence-corrected chi connectivity index (χ3v) is 3.01. The van der Waals surface area contributed by atoms with Crippen LogP contribution in [0.3, 0.4) is 0 Å². The third kappa shape index (κ3) is 1.86. The Morgan fingerprint density at radius 1 is 1.38 bits per heavy atom. The number of hydrogen-bond donors (Lipinski definition) is 3. The van der Waals surface area contributed by atoms with Gasteiger partial charge in [0.2, 0.25) is 0 Å². The molecule has 0 spiro atoms. The molecule has 2 fully saturated rings. The summed E-state index contributed by atoms with van der Waals surface area (Å²) in [5, 5.41) is 27.7. The standard InChI is InChI=1S/C9H17NO3/c11-4-8(12)3-10-5-9(13,6-10)7-1-2-7/h7-8,11-13H,1-6H2. The Labute approximate surface area is 77.8 Å². The zero-order chi connectivity index (χ0) is 9.47. The number of rotatable bonds is 4. The van der Waals surface area contributed by atoms with E-state index in [1.807, 2.05) is 4.90 Å². The molecule has 0 aromatic rings. The average Bonchev–Trinajstić information content (AvgIpc) is 2.83. The molecule has 0 aromatic heterocycles. The molecule has 2 aliphatic rings. The second kappa shape index (κ2) is 3.20. The Kier molecular flexibility index (Phi) is 2.32. The molecule has 4 heteroatoms. The zero-order valence-electron chi connectivity index (χ0n) is 7.69. The second-order valence-corrected chi connectivity index (χ2v) is 4.38. The average molecular weight is 187 g/mol. The number of aliphatic hydroxyl groups excluding tert-OH is 2. The molecule has 1 saturated carbocycles. The lowest BCUT2D eigenvalue weighted by Gasteiger charge is -2.47. The minimum atomic E-state index is -0.663. The van der Waals surface area contributed by atoms with Gasteiger partial charge >= 0.3 is 0 Å². The zero-order valence-corrected chi connectivity index (χ0v) is 7.69. The molecular weight excluding hydrogens is 170 g/mol. The van der Waals surface area contributed by atoms with Crippen LogP contribution in [0.15, 0.2) is 0 Å². The van der Waals surface area contributed by atoms with Crippen molar-refractivity contribution in [2.24, 2.45) is 5.92 Å². The van der Waals surface area contributed by atoms with Crippen LogP contribution in [0, 0.1) is 5.92 Å². The molecule has 76 valence electrons.